The maximum absolute atomic E-state index is 13.0. The lowest BCUT2D eigenvalue weighted by atomic mass is 9.95. The van der Waals surface area contributed by atoms with Gasteiger partial charge >= 0.3 is 6.18 Å². The molecule has 0 saturated heterocycles. The van der Waals surface area contributed by atoms with E-state index in [4.69, 9.17) is 4.74 Å². The van der Waals surface area contributed by atoms with Crippen LogP contribution in [0.25, 0.3) is 0 Å². The van der Waals surface area contributed by atoms with Gasteiger partial charge in [0, 0.05) is 5.92 Å². The Balaban J connectivity index is 2.17. The molecule has 1 unspecified atom stereocenters. The monoisotopic (exact) mass is 310 g/mol. The van der Waals surface area contributed by atoms with Crippen molar-refractivity contribution in [2.75, 3.05) is 13.2 Å². The molecule has 0 saturated carbocycles. The number of alkyl halides is 3. The molecule has 5 heteroatoms. The highest BCUT2D eigenvalue weighted by molar-refractivity contribution is 5.33. The molecule has 1 atom stereocenters. The van der Waals surface area contributed by atoms with Gasteiger partial charge in [-0.2, -0.15) is 13.2 Å². The molecule has 0 bridgehead atoms. The third-order valence-electron chi connectivity index (χ3n) is 3.40. The quantitative estimate of drug-likeness (QED) is 0.898. The number of aliphatic hydroxyl groups is 1. The molecule has 1 N–H and O–H groups in total. The first-order valence-electron chi connectivity index (χ1n) is 6.88. The Labute approximate surface area is 127 Å². The van der Waals surface area contributed by atoms with Gasteiger partial charge in [-0.1, -0.05) is 35.9 Å². The molecule has 2 aromatic carbocycles. The second-order valence-electron chi connectivity index (χ2n) is 5.09. The highest BCUT2D eigenvalue weighted by Crippen LogP contribution is 2.35. The first-order chi connectivity index (χ1) is 10.4. The number of aliphatic hydroxyl groups excluding tert-OH is 1. The highest BCUT2D eigenvalue weighted by Gasteiger charge is 2.34. The van der Waals surface area contributed by atoms with Crippen LogP contribution in [0.1, 0.15) is 22.6 Å². The number of hydrogen-bond acceptors (Lipinski definition) is 2. The molecule has 2 nitrogen and oxygen atoms in total. The van der Waals surface area contributed by atoms with Crippen LogP contribution in [0, 0.1) is 6.92 Å². The van der Waals surface area contributed by atoms with Gasteiger partial charge in [-0.25, -0.2) is 0 Å². The van der Waals surface area contributed by atoms with Crippen molar-refractivity contribution in [1.82, 2.24) is 0 Å². The van der Waals surface area contributed by atoms with E-state index in [1.54, 1.807) is 12.1 Å². The maximum atomic E-state index is 13.0. The lowest BCUT2D eigenvalue weighted by molar-refractivity contribution is -0.138. The van der Waals surface area contributed by atoms with Gasteiger partial charge < -0.3 is 9.84 Å². The first kappa shape index (κ1) is 16.4. The molecule has 22 heavy (non-hydrogen) atoms. The molecule has 0 aliphatic carbocycles. The van der Waals surface area contributed by atoms with Crippen LogP contribution in [-0.2, 0) is 6.18 Å². The van der Waals surface area contributed by atoms with Crippen LogP contribution in [-0.4, -0.2) is 18.3 Å². The smallest absolute Gasteiger partial charge is 0.416 e. The zero-order valence-corrected chi connectivity index (χ0v) is 12.1. The molecule has 0 aliphatic rings. The van der Waals surface area contributed by atoms with Gasteiger partial charge in [0.05, 0.1) is 18.8 Å². The molecular weight excluding hydrogens is 293 g/mol. The van der Waals surface area contributed by atoms with E-state index in [1.165, 1.54) is 18.2 Å². The second-order valence-corrected chi connectivity index (χ2v) is 5.09. The van der Waals surface area contributed by atoms with Crippen molar-refractivity contribution in [3.05, 3.63) is 65.2 Å². The van der Waals surface area contributed by atoms with Gasteiger partial charge in [-0.15, -0.1) is 0 Å². The standard InChI is InChI=1S/C17H17F3O2/c1-12-6-8-14(9-7-12)22-11-13(10-21)15-4-2-3-5-16(15)17(18,19)20/h2-9,13,21H,10-11H2,1H3. The predicted octanol–water partition coefficient (Wildman–Crippen LogP) is 4.17. The molecule has 0 amide bonds. The number of hydrogen-bond donors (Lipinski definition) is 1. The van der Waals surface area contributed by atoms with E-state index in [9.17, 15) is 18.3 Å². The molecule has 0 heterocycles. The molecule has 0 radical (unpaired) electrons. The zero-order valence-electron chi connectivity index (χ0n) is 12.1. The fourth-order valence-corrected chi connectivity index (χ4v) is 2.18. The summed E-state index contributed by atoms with van der Waals surface area (Å²) >= 11 is 0. The summed E-state index contributed by atoms with van der Waals surface area (Å²) in [5.41, 5.74) is 0.375. The number of ether oxygens (including phenoxy) is 1. The average molecular weight is 310 g/mol. The third kappa shape index (κ3) is 4.01. The minimum atomic E-state index is -4.45. The number of halogens is 3. The third-order valence-corrected chi connectivity index (χ3v) is 3.40. The summed E-state index contributed by atoms with van der Waals surface area (Å²) in [6, 6.07) is 12.5. The van der Waals surface area contributed by atoms with E-state index in [0.717, 1.165) is 11.6 Å². The van der Waals surface area contributed by atoms with Crippen LogP contribution in [0.15, 0.2) is 48.5 Å². The summed E-state index contributed by atoms with van der Waals surface area (Å²) in [5.74, 6) is -0.173. The Hall–Kier alpha value is -2.01. The molecular formula is C17H17F3O2. The topological polar surface area (TPSA) is 29.5 Å². The Bertz CT molecular complexity index is 606. The number of aryl methyl sites for hydroxylation is 1. The van der Waals surface area contributed by atoms with Gasteiger partial charge in [-0.3, -0.25) is 0 Å². The predicted molar refractivity (Wildman–Crippen MR) is 77.9 cm³/mol. The van der Waals surface area contributed by atoms with Crippen molar-refractivity contribution in [1.29, 1.82) is 0 Å². The van der Waals surface area contributed by atoms with Crippen molar-refractivity contribution in [3.8, 4) is 5.75 Å². The lowest BCUT2D eigenvalue weighted by Gasteiger charge is -2.20. The normalized spacial score (nSPS) is 13.0. The van der Waals surface area contributed by atoms with Crippen molar-refractivity contribution >= 4 is 0 Å². The minimum Gasteiger partial charge on any atom is -0.493 e. The van der Waals surface area contributed by atoms with Gasteiger partial charge in [0.15, 0.2) is 0 Å². The van der Waals surface area contributed by atoms with E-state index in [1.807, 2.05) is 19.1 Å². The Kier molecular flexibility index (Phi) is 5.08. The Morgan fingerprint density at radius 1 is 1.05 bits per heavy atom. The number of rotatable bonds is 5. The molecule has 0 fully saturated rings. The highest BCUT2D eigenvalue weighted by atomic mass is 19.4. The average Bonchev–Trinajstić information content (AvgIpc) is 2.49. The van der Waals surface area contributed by atoms with Gasteiger partial charge in [-0.05, 0) is 30.7 Å². The van der Waals surface area contributed by atoms with Gasteiger partial charge in [0.1, 0.15) is 5.75 Å². The molecule has 2 aromatic rings. The summed E-state index contributed by atoms with van der Waals surface area (Å²) in [5, 5.41) is 9.44. The molecule has 2 rings (SSSR count). The van der Waals surface area contributed by atoms with Crippen LogP contribution in [0.5, 0.6) is 5.75 Å². The summed E-state index contributed by atoms with van der Waals surface area (Å²) in [7, 11) is 0. The minimum absolute atomic E-state index is 0.0212. The van der Waals surface area contributed by atoms with E-state index in [-0.39, 0.29) is 12.2 Å². The summed E-state index contributed by atoms with van der Waals surface area (Å²) < 4.78 is 44.6. The molecule has 118 valence electrons. The van der Waals surface area contributed by atoms with Crippen LogP contribution < -0.4 is 4.74 Å². The fraction of sp³-hybridized carbons (Fsp3) is 0.294. The van der Waals surface area contributed by atoms with Crippen molar-refractivity contribution in [2.45, 2.75) is 19.0 Å². The van der Waals surface area contributed by atoms with E-state index < -0.39 is 24.3 Å². The fourth-order valence-electron chi connectivity index (χ4n) is 2.18. The van der Waals surface area contributed by atoms with E-state index >= 15 is 0 Å². The first-order valence-corrected chi connectivity index (χ1v) is 6.88. The van der Waals surface area contributed by atoms with Crippen LogP contribution in [0.2, 0.25) is 0 Å². The molecule has 0 aliphatic heterocycles. The van der Waals surface area contributed by atoms with Crippen molar-refractivity contribution < 1.29 is 23.0 Å². The molecule has 0 aromatic heterocycles. The number of benzene rings is 2. The summed E-state index contributed by atoms with van der Waals surface area (Å²) in [6.45, 7) is 1.49. The van der Waals surface area contributed by atoms with Crippen molar-refractivity contribution in [3.63, 3.8) is 0 Å². The van der Waals surface area contributed by atoms with E-state index in [0.29, 0.717) is 5.75 Å². The van der Waals surface area contributed by atoms with Crippen molar-refractivity contribution in [2.24, 2.45) is 0 Å². The van der Waals surface area contributed by atoms with Crippen LogP contribution >= 0.6 is 0 Å². The van der Waals surface area contributed by atoms with Gasteiger partial charge in [0.2, 0.25) is 0 Å². The zero-order chi connectivity index (χ0) is 16.2. The summed E-state index contributed by atoms with van der Waals surface area (Å²) in [4.78, 5) is 0. The Morgan fingerprint density at radius 2 is 1.68 bits per heavy atom. The van der Waals surface area contributed by atoms with Gasteiger partial charge in [0.25, 0.3) is 0 Å². The summed E-state index contributed by atoms with van der Waals surface area (Å²) in [6.07, 6.45) is -4.45. The van der Waals surface area contributed by atoms with Crippen LogP contribution in [0.4, 0.5) is 13.2 Å². The molecule has 0 spiro atoms. The SMILES string of the molecule is Cc1ccc(OCC(CO)c2ccccc2C(F)(F)F)cc1. The van der Waals surface area contributed by atoms with E-state index in [2.05, 4.69) is 0 Å². The maximum Gasteiger partial charge on any atom is 0.416 e. The van der Waals surface area contributed by atoms with Crippen LogP contribution in [0.3, 0.4) is 0 Å². The lowest BCUT2D eigenvalue weighted by Crippen LogP contribution is -2.19. The second kappa shape index (κ2) is 6.83. The largest absolute Gasteiger partial charge is 0.493 e. The Morgan fingerprint density at radius 3 is 2.27 bits per heavy atom.